The molecule has 0 spiro atoms. The fourth-order valence-electron chi connectivity index (χ4n) is 1.72. The van der Waals surface area contributed by atoms with E-state index in [1.54, 1.807) is 0 Å². The fraction of sp³-hybridized carbons (Fsp3) is 1.00. The Balaban J connectivity index is 3.79. The molecule has 0 amide bonds. The van der Waals surface area contributed by atoms with E-state index < -0.39 is 11.4 Å². The fourth-order valence-corrected chi connectivity index (χ4v) is 15.1. The second kappa shape index (κ2) is 6.53. The predicted octanol–water partition coefficient (Wildman–Crippen LogP) is 4.56. The van der Waals surface area contributed by atoms with Crippen LogP contribution in [0.2, 0.25) is 15.8 Å². The Morgan fingerprint density at radius 3 is 1.27 bits per heavy atom. The Kier molecular flexibility index (Phi) is 7.14. The van der Waals surface area contributed by atoms with E-state index in [1.807, 2.05) is 0 Å². The first-order valence-corrected chi connectivity index (χ1v) is 14.2. The van der Waals surface area contributed by atoms with Gasteiger partial charge >= 0.3 is 81.2 Å². The first-order chi connectivity index (χ1) is 5.18. The zero-order valence-corrected chi connectivity index (χ0v) is 11.8. The molecular formula is C9H21BrGe. The van der Waals surface area contributed by atoms with Crippen LogP contribution in [0, 0.1) is 0 Å². The maximum absolute atomic E-state index is 4.05. The van der Waals surface area contributed by atoms with Crippen LogP contribution in [0.5, 0.6) is 0 Å². The van der Waals surface area contributed by atoms with E-state index in [9.17, 15) is 0 Å². The number of halogens is 1. The monoisotopic (exact) mass is 282 g/mol. The summed E-state index contributed by atoms with van der Waals surface area (Å²) in [4.78, 5) is 0. The van der Waals surface area contributed by atoms with Gasteiger partial charge in [-0.15, -0.1) is 0 Å². The summed E-state index contributed by atoms with van der Waals surface area (Å²) in [7, 11) is 0. The molecule has 0 atom stereocenters. The molecule has 0 unspecified atom stereocenters. The van der Waals surface area contributed by atoms with E-state index >= 15 is 0 Å². The van der Waals surface area contributed by atoms with Crippen molar-refractivity contribution in [1.29, 1.82) is 0 Å². The molecule has 0 rings (SSSR count). The summed E-state index contributed by atoms with van der Waals surface area (Å²) in [5.74, 6) is 0. The van der Waals surface area contributed by atoms with E-state index in [1.165, 1.54) is 35.0 Å². The van der Waals surface area contributed by atoms with Gasteiger partial charge in [0.15, 0.2) is 0 Å². The van der Waals surface area contributed by atoms with Crippen LogP contribution in [-0.2, 0) is 0 Å². The quantitative estimate of drug-likeness (QED) is 0.626. The number of hydrogen-bond acceptors (Lipinski definition) is 0. The van der Waals surface area contributed by atoms with Gasteiger partial charge in [0.1, 0.15) is 0 Å². The Bertz CT molecular complexity index is 76.5. The van der Waals surface area contributed by atoms with E-state index in [-0.39, 0.29) is 0 Å². The molecule has 0 saturated carbocycles. The molecule has 0 aromatic rings. The summed E-state index contributed by atoms with van der Waals surface area (Å²) in [5.41, 5.74) is 0. The van der Waals surface area contributed by atoms with Crippen molar-refractivity contribution >= 4 is 25.4 Å². The summed E-state index contributed by atoms with van der Waals surface area (Å²) in [5, 5.41) is 4.55. The molecule has 0 aliphatic heterocycles. The second-order valence-electron chi connectivity index (χ2n) is 3.40. The Labute approximate surface area is 81.1 Å². The van der Waals surface area contributed by atoms with Crippen molar-refractivity contribution in [3.05, 3.63) is 0 Å². The van der Waals surface area contributed by atoms with Crippen molar-refractivity contribution < 1.29 is 0 Å². The average Bonchev–Trinajstić information content (AvgIpc) is 1.88. The van der Waals surface area contributed by atoms with Gasteiger partial charge in [0.25, 0.3) is 0 Å². The first kappa shape index (κ1) is 12.0. The van der Waals surface area contributed by atoms with Crippen LogP contribution in [0.4, 0.5) is 0 Å². The first-order valence-electron chi connectivity index (χ1n) is 4.87. The number of rotatable bonds is 6. The molecule has 0 N–H and O–H groups in total. The molecule has 0 aromatic heterocycles. The van der Waals surface area contributed by atoms with Crippen molar-refractivity contribution in [3.63, 3.8) is 0 Å². The SMILES string of the molecule is CC[CH2][Ge]([Br])([CH2]CC)[CH2]CC. The van der Waals surface area contributed by atoms with Gasteiger partial charge in [-0.05, 0) is 0 Å². The number of hydrogen-bond donors (Lipinski definition) is 0. The van der Waals surface area contributed by atoms with Gasteiger partial charge < -0.3 is 0 Å². The van der Waals surface area contributed by atoms with Gasteiger partial charge in [-0.2, -0.15) is 0 Å². The Morgan fingerprint density at radius 1 is 0.818 bits per heavy atom. The normalized spacial score (nSPS) is 12.0. The van der Waals surface area contributed by atoms with Crippen LogP contribution in [-0.4, -0.2) is 11.4 Å². The van der Waals surface area contributed by atoms with Crippen LogP contribution in [0.15, 0.2) is 0 Å². The van der Waals surface area contributed by atoms with Crippen LogP contribution >= 0.6 is 14.0 Å². The minimum atomic E-state index is -1.43. The Morgan fingerprint density at radius 2 is 1.09 bits per heavy atom. The van der Waals surface area contributed by atoms with Crippen LogP contribution in [0.3, 0.4) is 0 Å². The molecule has 0 saturated heterocycles. The molecule has 0 nitrogen and oxygen atoms in total. The van der Waals surface area contributed by atoms with Crippen LogP contribution in [0.25, 0.3) is 0 Å². The van der Waals surface area contributed by atoms with Gasteiger partial charge in [-0.25, -0.2) is 0 Å². The summed E-state index contributed by atoms with van der Waals surface area (Å²) in [6, 6.07) is 0. The van der Waals surface area contributed by atoms with Gasteiger partial charge in [-0.3, -0.25) is 0 Å². The van der Waals surface area contributed by atoms with Crippen molar-refractivity contribution in [3.8, 4) is 0 Å². The molecule has 0 aliphatic carbocycles. The maximum atomic E-state index is 4.05. The second-order valence-corrected chi connectivity index (χ2v) is 20.1. The molecule has 68 valence electrons. The van der Waals surface area contributed by atoms with E-state index in [4.69, 9.17) is 0 Å². The standard InChI is InChI=1S/C9H21BrGe/c1-4-7-11(10,8-5-2)9-6-3/h4-9H2,1-3H3. The van der Waals surface area contributed by atoms with Gasteiger partial charge in [0.2, 0.25) is 0 Å². The molecule has 0 radical (unpaired) electrons. The molecular weight excluding hydrogens is 261 g/mol. The van der Waals surface area contributed by atoms with E-state index in [2.05, 4.69) is 34.8 Å². The van der Waals surface area contributed by atoms with Gasteiger partial charge in [-0.1, -0.05) is 0 Å². The van der Waals surface area contributed by atoms with Crippen LogP contribution in [0.1, 0.15) is 40.0 Å². The summed E-state index contributed by atoms with van der Waals surface area (Å²) >= 11 is 2.63. The molecule has 0 aliphatic rings. The molecule has 0 bridgehead atoms. The zero-order valence-electron chi connectivity index (χ0n) is 8.12. The minimum absolute atomic E-state index is 1.38. The third-order valence-electron chi connectivity index (χ3n) is 2.09. The Hall–Kier alpha value is 1.02. The van der Waals surface area contributed by atoms with Crippen molar-refractivity contribution in [2.75, 3.05) is 0 Å². The molecule has 0 fully saturated rings. The van der Waals surface area contributed by atoms with Crippen molar-refractivity contribution in [1.82, 2.24) is 0 Å². The molecule has 11 heavy (non-hydrogen) atoms. The van der Waals surface area contributed by atoms with Crippen molar-refractivity contribution in [2.24, 2.45) is 0 Å². The summed E-state index contributed by atoms with van der Waals surface area (Å²) in [6.45, 7) is 6.94. The van der Waals surface area contributed by atoms with E-state index in [0.717, 1.165) is 0 Å². The van der Waals surface area contributed by atoms with Gasteiger partial charge in [0, 0.05) is 0 Å². The topological polar surface area (TPSA) is 0 Å². The summed E-state index contributed by atoms with van der Waals surface area (Å²) < 4.78 is 0. The summed E-state index contributed by atoms with van der Waals surface area (Å²) in [6.07, 6.45) is 4.14. The molecule has 2 heteroatoms. The van der Waals surface area contributed by atoms with Crippen molar-refractivity contribution in [2.45, 2.75) is 55.8 Å². The third kappa shape index (κ3) is 5.29. The molecule has 0 heterocycles. The average molecular weight is 282 g/mol. The third-order valence-corrected chi connectivity index (χ3v) is 17.1. The zero-order chi connectivity index (χ0) is 8.74. The molecule has 0 aromatic carbocycles. The van der Waals surface area contributed by atoms with E-state index in [0.29, 0.717) is 0 Å². The van der Waals surface area contributed by atoms with Gasteiger partial charge in [0.05, 0.1) is 0 Å². The van der Waals surface area contributed by atoms with Crippen LogP contribution < -0.4 is 0 Å². The predicted molar refractivity (Wildman–Crippen MR) is 60.0 cm³/mol.